The van der Waals surface area contributed by atoms with Crippen LogP contribution in [0.5, 0.6) is 0 Å². The number of rotatable bonds is 2. The van der Waals surface area contributed by atoms with Crippen LogP contribution < -0.4 is 5.32 Å². The zero-order valence-corrected chi connectivity index (χ0v) is 11.6. The van der Waals surface area contributed by atoms with Crippen LogP contribution in [-0.2, 0) is 0 Å². The van der Waals surface area contributed by atoms with Gasteiger partial charge in [-0.3, -0.25) is 4.79 Å². The Labute approximate surface area is 119 Å². The third kappa shape index (κ3) is 2.96. The number of hydrogen-bond donors (Lipinski definition) is 1. The van der Waals surface area contributed by atoms with Crippen LogP contribution in [0.2, 0.25) is 0 Å². The Bertz CT molecular complexity index is 576. The van der Waals surface area contributed by atoms with Crippen molar-refractivity contribution in [3.05, 3.63) is 48.0 Å². The highest BCUT2D eigenvalue weighted by atomic mass is 35.5. The van der Waals surface area contributed by atoms with Crippen LogP contribution in [0.25, 0.3) is 10.8 Å². The number of nitrogens with one attached hydrogen (secondary N) is 1. The lowest BCUT2D eigenvalue weighted by atomic mass is 9.90. The van der Waals surface area contributed by atoms with E-state index in [1.165, 1.54) is 5.39 Å². The summed E-state index contributed by atoms with van der Waals surface area (Å²) >= 11 is 0. The van der Waals surface area contributed by atoms with Gasteiger partial charge in [0.1, 0.15) is 0 Å². The van der Waals surface area contributed by atoms with Gasteiger partial charge in [0, 0.05) is 18.0 Å². The Morgan fingerprint density at radius 3 is 2.63 bits per heavy atom. The summed E-state index contributed by atoms with van der Waals surface area (Å²) in [5, 5.41) is 5.64. The second kappa shape index (κ2) is 6.18. The van der Waals surface area contributed by atoms with Gasteiger partial charge in [-0.05, 0) is 36.2 Å². The molecule has 1 N–H and O–H groups in total. The number of halogens is 1. The molecule has 0 aromatic heterocycles. The normalized spacial score (nSPS) is 18.8. The summed E-state index contributed by atoms with van der Waals surface area (Å²) in [6.07, 6.45) is 2.11. The molecular formula is C16H18ClNO. The molecule has 1 atom stereocenters. The smallest absolute Gasteiger partial charge is 0.167 e. The third-order valence-electron chi connectivity index (χ3n) is 3.70. The van der Waals surface area contributed by atoms with E-state index in [0.717, 1.165) is 36.9 Å². The topological polar surface area (TPSA) is 29.1 Å². The van der Waals surface area contributed by atoms with E-state index in [4.69, 9.17) is 0 Å². The minimum Gasteiger partial charge on any atom is -0.316 e. The second-order valence-electron chi connectivity index (χ2n) is 4.97. The zero-order valence-electron chi connectivity index (χ0n) is 10.8. The SMILES string of the molecule is Cl.O=C(c1ccc2ccccc2c1)C1CCCNC1. The van der Waals surface area contributed by atoms with Crippen molar-refractivity contribution < 1.29 is 4.79 Å². The summed E-state index contributed by atoms with van der Waals surface area (Å²) in [7, 11) is 0. The number of carbonyl (C=O) groups is 1. The molecule has 1 fully saturated rings. The fraction of sp³-hybridized carbons (Fsp3) is 0.312. The summed E-state index contributed by atoms with van der Waals surface area (Å²) in [6, 6.07) is 14.2. The fourth-order valence-corrected chi connectivity index (χ4v) is 2.65. The van der Waals surface area contributed by atoms with Crippen LogP contribution in [0, 0.1) is 5.92 Å². The van der Waals surface area contributed by atoms with Gasteiger partial charge in [-0.15, -0.1) is 12.4 Å². The molecule has 100 valence electrons. The fourth-order valence-electron chi connectivity index (χ4n) is 2.65. The van der Waals surface area contributed by atoms with E-state index < -0.39 is 0 Å². The molecule has 1 heterocycles. The lowest BCUT2D eigenvalue weighted by molar-refractivity contribution is 0.0900. The molecule has 19 heavy (non-hydrogen) atoms. The molecule has 0 spiro atoms. The van der Waals surface area contributed by atoms with Crippen molar-refractivity contribution in [2.24, 2.45) is 5.92 Å². The van der Waals surface area contributed by atoms with Gasteiger partial charge in [-0.1, -0.05) is 36.4 Å². The zero-order chi connectivity index (χ0) is 12.4. The molecule has 0 bridgehead atoms. The van der Waals surface area contributed by atoms with Crippen LogP contribution in [0.15, 0.2) is 42.5 Å². The molecular weight excluding hydrogens is 258 g/mol. The quantitative estimate of drug-likeness (QED) is 0.851. The van der Waals surface area contributed by atoms with Crippen LogP contribution >= 0.6 is 12.4 Å². The van der Waals surface area contributed by atoms with Crippen molar-refractivity contribution in [2.45, 2.75) is 12.8 Å². The number of carbonyl (C=O) groups excluding carboxylic acids is 1. The maximum absolute atomic E-state index is 12.4. The Morgan fingerprint density at radius 2 is 1.89 bits per heavy atom. The minimum absolute atomic E-state index is 0. The summed E-state index contributed by atoms with van der Waals surface area (Å²) in [5.41, 5.74) is 0.849. The predicted octanol–water partition coefficient (Wildman–Crippen LogP) is 3.44. The van der Waals surface area contributed by atoms with E-state index >= 15 is 0 Å². The Kier molecular flexibility index (Phi) is 4.56. The molecule has 1 unspecified atom stereocenters. The Hall–Kier alpha value is -1.38. The summed E-state index contributed by atoms with van der Waals surface area (Å²) in [5.74, 6) is 0.438. The summed E-state index contributed by atoms with van der Waals surface area (Å²) in [4.78, 5) is 12.4. The molecule has 0 radical (unpaired) electrons. The van der Waals surface area contributed by atoms with Gasteiger partial charge in [0.2, 0.25) is 0 Å². The second-order valence-corrected chi connectivity index (χ2v) is 4.97. The van der Waals surface area contributed by atoms with Crippen molar-refractivity contribution >= 4 is 29.0 Å². The van der Waals surface area contributed by atoms with Gasteiger partial charge < -0.3 is 5.32 Å². The van der Waals surface area contributed by atoms with E-state index in [1.54, 1.807) is 0 Å². The average Bonchev–Trinajstić information content (AvgIpc) is 2.47. The maximum atomic E-state index is 12.4. The lowest BCUT2D eigenvalue weighted by Gasteiger charge is -2.21. The Morgan fingerprint density at radius 1 is 1.11 bits per heavy atom. The molecule has 3 rings (SSSR count). The van der Waals surface area contributed by atoms with Crippen LogP contribution in [0.3, 0.4) is 0 Å². The van der Waals surface area contributed by atoms with Gasteiger partial charge >= 0.3 is 0 Å². The number of benzene rings is 2. The van der Waals surface area contributed by atoms with Gasteiger partial charge in [0.25, 0.3) is 0 Å². The van der Waals surface area contributed by atoms with Gasteiger partial charge in [-0.25, -0.2) is 0 Å². The number of fused-ring (bicyclic) bond motifs is 1. The largest absolute Gasteiger partial charge is 0.316 e. The first-order chi connectivity index (χ1) is 8.84. The maximum Gasteiger partial charge on any atom is 0.167 e. The number of piperidine rings is 1. The molecule has 0 amide bonds. The predicted molar refractivity (Wildman–Crippen MR) is 81.1 cm³/mol. The highest BCUT2D eigenvalue weighted by molar-refractivity contribution is 6.01. The number of Topliss-reactive ketones (excluding diaryl/α,β-unsaturated/α-hetero) is 1. The standard InChI is InChI=1S/C16H17NO.ClH/c18-16(15-6-3-9-17-11-15)14-8-7-12-4-1-2-5-13(12)10-14;/h1-2,4-5,7-8,10,15,17H,3,6,9,11H2;1H. The van der Waals surface area contributed by atoms with Gasteiger partial charge in [0.05, 0.1) is 0 Å². The minimum atomic E-state index is 0. The van der Waals surface area contributed by atoms with Crippen molar-refractivity contribution in [2.75, 3.05) is 13.1 Å². The van der Waals surface area contributed by atoms with E-state index in [1.807, 2.05) is 30.3 Å². The molecule has 2 aromatic rings. The summed E-state index contributed by atoms with van der Waals surface area (Å²) in [6.45, 7) is 1.87. The molecule has 0 saturated carbocycles. The molecule has 3 heteroatoms. The van der Waals surface area contributed by atoms with Crippen molar-refractivity contribution in [3.8, 4) is 0 Å². The first-order valence-electron chi connectivity index (χ1n) is 6.58. The highest BCUT2D eigenvalue weighted by Crippen LogP contribution is 2.20. The van der Waals surface area contributed by atoms with Crippen LogP contribution in [0.1, 0.15) is 23.2 Å². The van der Waals surface area contributed by atoms with Crippen LogP contribution in [0.4, 0.5) is 0 Å². The van der Waals surface area contributed by atoms with E-state index in [9.17, 15) is 4.79 Å². The number of ketones is 1. The molecule has 2 aromatic carbocycles. The van der Waals surface area contributed by atoms with Crippen molar-refractivity contribution in [1.82, 2.24) is 5.32 Å². The monoisotopic (exact) mass is 275 g/mol. The Balaban J connectivity index is 0.00000133. The molecule has 2 nitrogen and oxygen atoms in total. The summed E-state index contributed by atoms with van der Waals surface area (Å²) < 4.78 is 0. The van der Waals surface area contributed by atoms with Gasteiger partial charge in [-0.2, -0.15) is 0 Å². The van der Waals surface area contributed by atoms with E-state index in [0.29, 0.717) is 0 Å². The highest BCUT2D eigenvalue weighted by Gasteiger charge is 2.22. The van der Waals surface area contributed by atoms with Crippen molar-refractivity contribution in [1.29, 1.82) is 0 Å². The molecule has 1 aliphatic heterocycles. The molecule has 1 aliphatic rings. The number of hydrogen-bond acceptors (Lipinski definition) is 2. The molecule has 0 aliphatic carbocycles. The average molecular weight is 276 g/mol. The lowest BCUT2D eigenvalue weighted by Crippen LogP contribution is -2.34. The third-order valence-corrected chi connectivity index (χ3v) is 3.70. The van der Waals surface area contributed by atoms with E-state index in [-0.39, 0.29) is 24.1 Å². The van der Waals surface area contributed by atoms with Gasteiger partial charge in [0.15, 0.2) is 5.78 Å². The molecule has 1 saturated heterocycles. The first kappa shape index (κ1) is 14.0. The first-order valence-corrected chi connectivity index (χ1v) is 6.58. The van der Waals surface area contributed by atoms with Crippen LogP contribution in [-0.4, -0.2) is 18.9 Å². The van der Waals surface area contributed by atoms with E-state index in [2.05, 4.69) is 17.4 Å². The van der Waals surface area contributed by atoms with Crippen molar-refractivity contribution in [3.63, 3.8) is 0 Å².